The molecule has 1 aromatic rings. The molecule has 1 aromatic carbocycles. The van der Waals surface area contributed by atoms with E-state index in [1.54, 1.807) is 0 Å². The predicted molar refractivity (Wildman–Crippen MR) is 69.4 cm³/mol. The van der Waals surface area contributed by atoms with Crippen molar-refractivity contribution >= 4 is 30.3 Å². The molecule has 90 valence electrons. The molecule has 0 radical (unpaired) electrons. The molecule has 3 amide bonds. The molecule has 4 nitrogen and oxygen atoms in total. The molecule has 0 saturated carbocycles. The lowest BCUT2D eigenvalue weighted by molar-refractivity contribution is -0.124. The van der Waals surface area contributed by atoms with Crippen molar-refractivity contribution in [3.63, 3.8) is 0 Å². The number of carbonyl (C=O) groups excluding carboxylic acids is 2. The predicted octanol–water partition coefficient (Wildman–Crippen LogP) is 1.78. The van der Waals surface area contributed by atoms with Crippen molar-refractivity contribution in [1.29, 1.82) is 0 Å². The fraction of sp³-hybridized carbons (Fsp3) is 0.333. The van der Waals surface area contributed by atoms with Crippen LogP contribution in [-0.4, -0.2) is 35.7 Å². The van der Waals surface area contributed by atoms with Gasteiger partial charge in [0, 0.05) is 12.2 Å². The minimum atomic E-state index is -0.233. The average Bonchev–Trinajstić information content (AvgIpc) is 2.64. The van der Waals surface area contributed by atoms with Crippen LogP contribution in [0.5, 0.6) is 0 Å². The average molecular weight is 250 g/mol. The lowest BCUT2D eigenvalue weighted by Crippen LogP contribution is -2.33. The summed E-state index contributed by atoms with van der Waals surface area (Å²) >= 11 is 4.08. The Balaban J connectivity index is 2.13. The number of nitrogens with zero attached hydrogens (tertiary/aromatic N) is 2. The highest BCUT2D eigenvalue weighted by molar-refractivity contribution is 7.80. The van der Waals surface area contributed by atoms with Crippen molar-refractivity contribution in [2.45, 2.75) is 6.42 Å². The molecule has 5 heteroatoms. The summed E-state index contributed by atoms with van der Waals surface area (Å²) < 4.78 is 0. The van der Waals surface area contributed by atoms with Gasteiger partial charge in [0.1, 0.15) is 6.54 Å². The smallest absolute Gasteiger partial charge is 0.285 e. The van der Waals surface area contributed by atoms with Crippen LogP contribution in [0.4, 0.5) is 10.5 Å². The number of benzene rings is 1. The summed E-state index contributed by atoms with van der Waals surface area (Å²) in [4.78, 5) is 26.5. The third-order valence-electron chi connectivity index (χ3n) is 2.66. The first-order valence-corrected chi connectivity index (χ1v) is 6.15. The van der Waals surface area contributed by atoms with Gasteiger partial charge in [-0.3, -0.25) is 14.6 Å². The minimum Gasteiger partial charge on any atom is -0.285 e. The van der Waals surface area contributed by atoms with Crippen LogP contribution < -0.4 is 4.90 Å². The van der Waals surface area contributed by atoms with Gasteiger partial charge in [0.25, 0.3) is 5.91 Å². The van der Waals surface area contributed by atoms with Crippen LogP contribution in [0, 0.1) is 0 Å². The molecule has 1 fully saturated rings. The van der Waals surface area contributed by atoms with Gasteiger partial charge >= 0.3 is 6.03 Å². The van der Waals surface area contributed by atoms with Crippen LogP contribution >= 0.6 is 12.6 Å². The molecule has 0 N–H and O–H groups in total. The first kappa shape index (κ1) is 12.0. The maximum absolute atomic E-state index is 12.0. The zero-order valence-corrected chi connectivity index (χ0v) is 10.3. The van der Waals surface area contributed by atoms with Crippen LogP contribution in [0.15, 0.2) is 30.3 Å². The summed E-state index contributed by atoms with van der Waals surface area (Å²) in [5.41, 5.74) is 0.763. The summed E-state index contributed by atoms with van der Waals surface area (Å²) in [7, 11) is 0. The number of anilines is 1. The number of carbonyl (C=O) groups is 2. The topological polar surface area (TPSA) is 40.6 Å². The normalized spacial score (nSPS) is 15.8. The SMILES string of the molecule is O=C1CN(c2ccccc2)C(=O)N1CCCS. The largest absolute Gasteiger partial charge is 0.331 e. The Kier molecular flexibility index (Phi) is 3.68. The van der Waals surface area contributed by atoms with Gasteiger partial charge in [0.05, 0.1) is 0 Å². The highest BCUT2D eigenvalue weighted by Crippen LogP contribution is 2.20. The highest BCUT2D eigenvalue weighted by atomic mass is 32.1. The van der Waals surface area contributed by atoms with E-state index in [0.29, 0.717) is 12.3 Å². The number of hydrogen-bond donors (Lipinski definition) is 1. The van der Waals surface area contributed by atoms with Gasteiger partial charge in [-0.05, 0) is 24.3 Å². The maximum Gasteiger partial charge on any atom is 0.331 e. The Hall–Kier alpha value is -1.49. The van der Waals surface area contributed by atoms with Crippen LogP contribution in [0.2, 0.25) is 0 Å². The molecular weight excluding hydrogens is 236 g/mol. The molecule has 0 spiro atoms. The fourth-order valence-electron chi connectivity index (χ4n) is 1.80. The Morgan fingerprint density at radius 1 is 1.18 bits per heavy atom. The van der Waals surface area contributed by atoms with E-state index in [2.05, 4.69) is 12.6 Å². The third-order valence-corrected chi connectivity index (χ3v) is 2.98. The van der Waals surface area contributed by atoms with Gasteiger partial charge in [-0.15, -0.1) is 0 Å². The zero-order chi connectivity index (χ0) is 12.3. The lowest BCUT2D eigenvalue weighted by Gasteiger charge is -2.16. The minimum absolute atomic E-state index is 0.134. The second-order valence-corrected chi connectivity index (χ2v) is 4.27. The molecule has 0 aliphatic carbocycles. The van der Waals surface area contributed by atoms with Gasteiger partial charge < -0.3 is 0 Å². The summed E-state index contributed by atoms with van der Waals surface area (Å²) in [6.07, 6.45) is 0.725. The number of hydrogen-bond acceptors (Lipinski definition) is 3. The number of rotatable bonds is 4. The summed E-state index contributed by atoms with van der Waals surface area (Å²) in [6.45, 7) is 0.583. The number of para-hydroxylation sites is 1. The summed E-state index contributed by atoms with van der Waals surface area (Å²) in [6, 6.07) is 9.00. The van der Waals surface area contributed by atoms with E-state index in [1.807, 2.05) is 30.3 Å². The molecule has 1 saturated heterocycles. The molecule has 1 aliphatic rings. The molecule has 0 bridgehead atoms. The quantitative estimate of drug-likeness (QED) is 0.653. The molecule has 17 heavy (non-hydrogen) atoms. The zero-order valence-electron chi connectivity index (χ0n) is 9.37. The fourth-order valence-corrected chi connectivity index (χ4v) is 1.94. The van der Waals surface area contributed by atoms with Gasteiger partial charge in [-0.1, -0.05) is 18.2 Å². The Morgan fingerprint density at radius 3 is 2.53 bits per heavy atom. The van der Waals surface area contributed by atoms with E-state index in [9.17, 15) is 9.59 Å². The molecule has 1 aliphatic heterocycles. The Bertz CT molecular complexity index is 422. The number of amides is 3. The Morgan fingerprint density at radius 2 is 1.88 bits per heavy atom. The Labute approximate surface area is 106 Å². The van der Waals surface area contributed by atoms with Crippen LogP contribution in [-0.2, 0) is 4.79 Å². The van der Waals surface area contributed by atoms with Gasteiger partial charge in [-0.25, -0.2) is 4.79 Å². The van der Waals surface area contributed by atoms with E-state index >= 15 is 0 Å². The first-order valence-electron chi connectivity index (χ1n) is 5.52. The van der Waals surface area contributed by atoms with Crippen LogP contribution in [0.3, 0.4) is 0 Å². The van der Waals surface area contributed by atoms with Crippen LogP contribution in [0.1, 0.15) is 6.42 Å². The standard InChI is InChI=1S/C12H14N2O2S/c15-11-9-14(10-5-2-1-3-6-10)12(16)13(11)7-4-8-17/h1-3,5-6,17H,4,7-9H2. The van der Waals surface area contributed by atoms with Crippen molar-refractivity contribution in [2.24, 2.45) is 0 Å². The van der Waals surface area contributed by atoms with Crippen molar-refractivity contribution in [2.75, 3.05) is 23.7 Å². The van der Waals surface area contributed by atoms with Crippen molar-refractivity contribution < 1.29 is 9.59 Å². The molecule has 0 atom stereocenters. The monoisotopic (exact) mass is 250 g/mol. The maximum atomic E-state index is 12.0. The molecule has 0 unspecified atom stereocenters. The van der Waals surface area contributed by atoms with E-state index in [-0.39, 0.29) is 18.5 Å². The molecule has 0 aromatic heterocycles. The summed E-state index contributed by atoms with van der Waals surface area (Å²) in [5.74, 6) is 0.531. The van der Waals surface area contributed by atoms with Gasteiger partial charge in [-0.2, -0.15) is 12.6 Å². The molecular formula is C12H14N2O2S. The summed E-state index contributed by atoms with van der Waals surface area (Å²) in [5, 5.41) is 0. The van der Waals surface area contributed by atoms with E-state index in [0.717, 1.165) is 12.1 Å². The van der Waals surface area contributed by atoms with E-state index in [4.69, 9.17) is 0 Å². The lowest BCUT2D eigenvalue weighted by atomic mass is 10.3. The van der Waals surface area contributed by atoms with Crippen molar-refractivity contribution in [1.82, 2.24) is 4.90 Å². The van der Waals surface area contributed by atoms with Crippen molar-refractivity contribution in [3.05, 3.63) is 30.3 Å². The highest BCUT2D eigenvalue weighted by Gasteiger charge is 2.36. The first-order chi connectivity index (χ1) is 8.24. The third kappa shape index (κ3) is 2.44. The van der Waals surface area contributed by atoms with E-state index in [1.165, 1.54) is 9.80 Å². The number of imide groups is 1. The van der Waals surface area contributed by atoms with Gasteiger partial charge in [0.15, 0.2) is 0 Å². The van der Waals surface area contributed by atoms with Crippen molar-refractivity contribution in [3.8, 4) is 0 Å². The molecule has 2 rings (SSSR count). The second kappa shape index (κ2) is 5.23. The number of urea groups is 1. The number of thiol groups is 1. The van der Waals surface area contributed by atoms with Crippen LogP contribution in [0.25, 0.3) is 0 Å². The van der Waals surface area contributed by atoms with Gasteiger partial charge in [0.2, 0.25) is 0 Å². The second-order valence-electron chi connectivity index (χ2n) is 3.83. The molecule has 1 heterocycles. The van der Waals surface area contributed by atoms with E-state index < -0.39 is 0 Å².